The standard InChI is InChI=1S/C20H22O2/c1-14-13-18(20(2,3)4)12-11-16(14)8-5-15-6-9-17(10-7-15)19(21)22/h5-13H,1-4H3,(H,21,22). The van der Waals surface area contributed by atoms with Crippen LogP contribution in [0.1, 0.15) is 53.4 Å². The number of benzene rings is 2. The van der Waals surface area contributed by atoms with Gasteiger partial charge in [-0.2, -0.15) is 0 Å². The maximum atomic E-state index is 10.8. The smallest absolute Gasteiger partial charge is 0.335 e. The van der Waals surface area contributed by atoms with Crippen molar-refractivity contribution >= 4 is 18.1 Å². The number of aromatic carboxylic acids is 1. The molecule has 0 fully saturated rings. The Hall–Kier alpha value is -2.35. The topological polar surface area (TPSA) is 37.3 Å². The minimum atomic E-state index is -0.899. The van der Waals surface area contributed by atoms with Gasteiger partial charge in [0.15, 0.2) is 0 Å². The van der Waals surface area contributed by atoms with Crippen LogP contribution in [0.15, 0.2) is 42.5 Å². The lowest BCUT2D eigenvalue weighted by atomic mass is 9.85. The van der Waals surface area contributed by atoms with Crippen LogP contribution in [0.25, 0.3) is 12.2 Å². The number of carboxylic acids is 1. The third kappa shape index (κ3) is 3.85. The van der Waals surface area contributed by atoms with Gasteiger partial charge in [-0.25, -0.2) is 4.79 Å². The van der Waals surface area contributed by atoms with E-state index in [1.807, 2.05) is 18.2 Å². The Bertz CT molecular complexity index is 701. The SMILES string of the molecule is Cc1cc(C(C)(C)C)ccc1C=Cc1ccc(C(=O)O)cc1. The molecule has 0 saturated heterocycles. The van der Waals surface area contributed by atoms with E-state index in [0.717, 1.165) is 5.56 Å². The number of carboxylic acid groups (broad SMARTS) is 1. The molecule has 2 aromatic rings. The first kappa shape index (κ1) is 16.0. The van der Waals surface area contributed by atoms with E-state index in [1.165, 1.54) is 16.7 Å². The van der Waals surface area contributed by atoms with E-state index in [1.54, 1.807) is 12.1 Å². The van der Waals surface area contributed by atoms with Gasteiger partial charge in [-0.15, -0.1) is 0 Å². The van der Waals surface area contributed by atoms with E-state index in [2.05, 4.69) is 52.0 Å². The van der Waals surface area contributed by atoms with Crippen molar-refractivity contribution in [2.45, 2.75) is 33.1 Å². The zero-order chi connectivity index (χ0) is 16.3. The Morgan fingerprint density at radius 2 is 1.64 bits per heavy atom. The number of rotatable bonds is 3. The molecule has 2 heteroatoms. The summed E-state index contributed by atoms with van der Waals surface area (Å²) >= 11 is 0. The third-order valence-electron chi connectivity index (χ3n) is 3.75. The number of carbonyl (C=O) groups is 1. The molecule has 2 rings (SSSR count). The van der Waals surface area contributed by atoms with Crippen molar-refractivity contribution < 1.29 is 9.90 Å². The van der Waals surface area contributed by atoms with E-state index in [9.17, 15) is 4.79 Å². The largest absolute Gasteiger partial charge is 0.478 e. The summed E-state index contributed by atoms with van der Waals surface area (Å²) in [7, 11) is 0. The van der Waals surface area contributed by atoms with Gasteiger partial charge in [0, 0.05) is 0 Å². The monoisotopic (exact) mass is 294 g/mol. The molecule has 0 aromatic heterocycles. The molecular weight excluding hydrogens is 272 g/mol. The molecule has 1 N–H and O–H groups in total. The lowest BCUT2D eigenvalue weighted by molar-refractivity contribution is 0.0697. The van der Waals surface area contributed by atoms with Crippen molar-refractivity contribution in [3.8, 4) is 0 Å². The highest BCUT2D eigenvalue weighted by atomic mass is 16.4. The maximum Gasteiger partial charge on any atom is 0.335 e. The summed E-state index contributed by atoms with van der Waals surface area (Å²) in [5.74, 6) is -0.899. The van der Waals surface area contributed by atoms with Crippen molar-refractivity contribution in [2.24, 2.45) is 0 Å². The highest BCUT2D eigenvalue weighted by Crippen LogP contribution is 2.25. The van der Waals surface area contributed by atoms with Gasteiger partial charge >= 0.3 is 5.97 Å². The summed E-state index contributed by atoms with van der Waals surface area (Å²) in [6.07, 6.45) is 4.07. The van der Waals surface area contributed by atoms with Crippen LogP contribution in [0.2, 0.25) is 0 Å². The Labute approximate surface area is 132 Å². The summed E-state index contributed by atoms with van der Waals surface area (Å²) in [5.41, 5.74) is 5.20. The first-order valence-electron chi connectivity index (χ1n) is 7.40. The van der Waals surface area contributed by atoms with E-state index >= 15 is 0 Å². The van der Waals surface area contributed by atoms with Crippen LogP contribution in [-0.4, -0.2) is 11.1 Å². The molecule has 114 valence electrons. The van der Waals surface area contributed by atoms with Gasteiger partial charge in [0.1, 0.15) is 0 Å². The molecule has 0 aliphatic carbocycles. The molecule has 0 aliphatic rings. The fourth-order valence-corrected chi connectivity index (χ4v) is 2.25. The van der Waals surface area contributed by atoms with Crippen LogP contribution >= 0.6 is 0 Å². The predicted octanol–water partition coefficient (Wildman–Crippen LogP) is 5.16. The van der Waals surface area contributed by atoms with E-state index < -0.39 is 5.97 Å². The van der Waals surface area contributed by atoms with Gasteiger partial charge < -0.3 is 5.11 Å². The van der Waals surface area contributed by atoms with Crippen LogP contribution < -0.4 is 0 Å². The molecule has 0 heterocycles. The van der Waals surface area contributed by atoms with Crippen molar-refractivity contribution in [3.05, 3.63) is 70.3 Å². The van der Waals surface area contributed by atoms with E-state index in [4.69, 9.17) is 5.11 Å². The second-order valence-electron chi connectivity index (χ2n) is 6.58. The molecule has 2 aromatic carbocycles. The van der Waals surface area contributed by atoms with Crippen molar-refractivity contribution in [3.63, 3.8) is 0 Å². The fraction of sp³-hybridized carbons (Fsp3) is 0.250. The Morgan fingerprint density at radius 1 is 1.00 bits per heavy atom. The molecule has 0 aliphatic heterocycles. The second-order valence-corrected chi connectivity index (χ2v) is 6.58. The lowest BCUT2D eigenvalue weighted by Crippen LogP contribution is -2.11. The molecule has 0 bridgehead atoms. The van der Waals surface area contributed by atoms with Crippen LogP contribution in [0, 0.1) is 6.92 Å². The molecule has 0 atom stereocenters. The lowest BCUT2D eigenvalue weighted by Gasteiger charge is -2.20. The average Bonchev–Trinajstić information content (AvgIpc) is 2.45. The fourth-order valence-electron chi connectivity index (χ4n) is 2.25. The average molecular weight is 294 g/mol. The van der Waals surface area contributed by atoms with Gasteiger partial charge in [-0.1, -0.05) is 63.3 Å². The van der Waals surface area contributed by atoms with Gasteiger partial charge in [0.25, 0.3) is 0 Å². The molecule has 0 unspecified atom stereocenters. The summed E-state index contributed by atoms with van der Waals surface area (Å²) in [6, 6.07) is 13.4. The first-order chi connectivity index (χ1) is 10.3. The van der Waals surface area contributed by atoms with Crippen LogP contribution in [0.3, 0.4) is 0 Å². The Balaban J connectivity index is 2.21. The Morgan fingerprint density at radius 3 is 2.14 bits per heavy atom. The molecular formula is C20H22O2. The normalized spacial score (nSPS) is 11.8. The van der Waals surface area contributed by atoms with Crippen molar-refractivity contribution in [1.29, 1.82) is 0 Å². The van der Waals surface area contributed by atoms with Crippen molar-refractivity contribution in [1.82, 2.24) is 0 Å². The quantitative estimate of drug-likeness (QED) is 0.794. The van der Waals surface area contributed by atoms with Gasteiger partial charge in [0.2, 0.25) is 0 Å². The third-order valence-corrected chi connectivity index (χ3v) is 3.75. The van der Waals surface area contributed by atoms with Crippen LogP contribution in [0.5, 0.6) is 0 Å². The van der Waals surface area contributed by atoms with Crippen molar-refractivity contribution in [2.75, 3.05) is 0 Å². The zero-order valence-electron chi connectivity index (χ0n) is 13.6. The molecule has 22 heavy (non-hydrogen) atoms. The molecule has 0 radical (unpaired) electrons. The minimum absolute atomic E-state index is 0.152. The second kappa shape index (κ2) is 6.18. The van der Waals surface area contributed by atoms with Gasteiger partial charge in [0.05, 0.1) is 5.56 Å². The van der Waals surface area contributed by atoms with E-state index in [-0.39, 0.29) is 5.41 Å². The van der Waals surface area contributed by atoms with Crippen LogP contribution in [0.4, 0.5) is 0 Å². The highest BCUT2D eigenvalue weighted by Gasteiger charge is 2.13. The molecule has 0 spiro atoms. The summed E-state index contributed by atoms with van der Waals surface area (Å²) in [5, 5.41) is 8.89. The zero-order valence-corrected chi connectivity index (χ0v) is 13.6. The first-order valence-corrected chi connectivity index (χ1v) is 7.40. The summed E-state index contributed by atoms with van der Waals surface area (Å²) in [6.45, 7) is 8.74. The van der Waals surface area contributed by atoms with Gasteiger partial charge in [-0.05, 0) is 46.7 Å². The molecule has 2 nitrogen and oxygen atoms in total. The number of hydrogen-bond donors (Lipinski definition) is 1. The summed E-state index contributed by atoms with van der Waals surface area (Å²) < 4.78 is 0. The minimum Gasteiger partial charge on any atom is -0.478 e. The molecule has 0 saturated carbocycles. The highest BCUT2D eigenvalue weighted by molar-refractivity contribution is 5.88. The van der Waals surface area contributed by atoms with Gasteiger partial charge in [-0.3, -0.25) is 0 Å². The maximum absolute atomic E-state index is 10.8. The molecule has 0 amide bonds. The Kier molecular flexibility index (Phi) is 4.51. The summed E-state index contributed by atoms with van der Waals surface area (Å²) in [4.78, 5) is 10.8. The number of hydrogen-bond acceptors (Lipinski definition) is 1. The number of aryl methyl sites for hydroxylation is 1. The predicted molar refractivity (Wildman–Crippen MR) is 92.2 cm³/mol. The van der Waals surface area contributed by atoms with Crippen LogP contribution in [-0.2, 0) is 5.41 Å². The van der Waals surface area contributed by atoms with E-state index in [0.29, 0.717) is 5.56 Å².